The summed E-state index contributed by atoms with van der Waals surface area (Å²) in [6.45, 7) is 5.01. The second-order valence-corrected chi connectivity index (χ2v) is 10.7. The second-order valence-electron chi connectivity index (χ2n) is 10.7. The zero-order chi connectivity index (χ0) is 16.6. The Bertz CT molecular complexity index is 372. The molecule has 0 N–H and O–H groups in total. The number of hydrogen-bond donors (Lipinski definition) is 0. The molecule has 0 nitrogen and oxygen atoms in total. The SMILES string of the molecule is CC1CCC(C2(C3CCC(C)CC3)CCC3CCCCC3C2)CC1. The smallest absolute Gasteiger partial charge is 0.0238 e. The lowest BCUT2D eigenvalue weighted by molar-refractivity contribution is -0.0646. The third-order valence-electron chi connectivity index (χ3n) is 9.35. The molecule has 2 unspecified atom stereocenters. The molecule has 4 rings (SSSR count). The van der Waals surface area contributed by atoms with Crippen LogP contribution in [0.25, 0.3) is 0 Å². The highest BCUT2D eigenvalue weighted by Gasteiger charge is 2.50. The maximum absolute atomic E-state index is 2.50. The first-order chi connectivity index (χ1) is 11.7. The Balaban J connectivity index is 1.55. The van der Waals surface area contributed by atoms with Gasteiger partial charge in [-0.3, -0.25) is 0 Å². The van der Waals surface area contributed by atoms with Crippen LogP contribution >= 0.6 is 0 Å². The molecule has 0 radical (unpaired) electrons. The molecule has 0 spiro atoms. The van der Waals surface area contributed by atoms with Gasteiger partial charge in [-0.15, -0.1) is 0 Å². The average Bonchev–Trinajstić information content (AvgIpc) is 2.62. The van der Waals surface area contributed by atoms with Gasteiger partial charge in [0.2, 0.25) is 0 Å². The minimum atomic E-state index is 0.777. The van der Waals surface area contributed by atoms with E-state index in [2.05, 4.69) is 13.8 Å². The van der Waals surface area contributed by atoms with E-state index < -0.39 is 0 Å². The minimum Gasteiger partial charge on any atom is -0.0625 e. The van der Waals surface area contributed by atoms with Crippen molar-refractivity contribution in [2.45, 2.75) is 110 Å². The van der Waals surface area contributed by atoms with Gasteiger partial charge in [-0.2, -0.15) is 0 Å². The van der Waals surface area contributed by atoms with Crippen LogP contribution in [0.1, 0.15) is 110 Å². The van der Waals surface area contributed by atoms with E-state index in [9.17, 15) is 0 Å². The first-order valence-electron chi connectivity index (χ1n) is 11.7. The largest absolute Gasteiger partial charge is 0.0625 e. The Kier molecular flexibility index (Phi) is 5.31. The fourth-order valence-corrected chi connectivity index (χ4v) is 7.72. The zero-order valence-electron chi connectivity index (χ0n) is 16.6. The summed E-state index contributed by atoms with van der Waals surface area (Å²) < 4.78 is 0. The Morgan fingerprint density at radius 3 is 1.58 bits per heavy atom. The lowest BCUT2D eigenvalue weighted by Crippen LogP contribution is -2.47. The van der Waals surface area contributed by atoms with Crippen LogP contribution in [0, 0.1) is 40.9 Å². The molecule has 0 heterocycles. The molecule has 0 saturated heterocycles. The topological polar surface area (TPSA) is 0 Å². The van der Waals surface area contributed by atoms with Crippen molar-refractivity contribution in [3.05, 3.63) is 0 Å². The average molecular weight is 331 g/mol. The molecular weight excluding hydrogens is 288 g/mol. The number of rotatable bonds is 2. The van der Waals surface area contributed by atoms with Gasteiger partial charge in [0.15, 0.2) is 0 Å². The number of fused-ring (bicyclic) bond motifs is 1. The normalized spacial score (nSPS) is 50.2. The van der Waals surface area contributed by atoms with Crippen LogP contribution in [0.15, 0.2) is 0 Å². The van der Waals surface area contributed by atoms with Crippen molar-refractivity contribution in [3.8, 4) is 0 Å². The molecule has 138 valence electrons. The highest BCUT2D eigenvalue weighted by atomic mass is 14.6. The van der Waals surface area contributed by atoms with Crippen molar-refractivity contribution in [3.63, 3.8) is 0 Å². The lowest BCUT2D eigenvalue weighted by atomic mass is 9.48. The summed E-state index contributed by atoms with van der Waals surface area (Å²) >= 11 is 0. The zero-order valence-corrected chi connectivity index (χ0v) is 16.6. The molecular formula is C24H42. The first kappa shape index (κ1) is 17.4. The van der Waals surface area contributed by atoms with E-state index in [0.717, 1.165) is 40.9 Å². The molecule has 0 aromatic heterocycles. The van der Waals surface area contributed by atoms with E-state index in [1.807, 2.05) is 0 Å². The quantitative estimate of drug-likeness (QED) is 0.488. The first-order valence-corrected chi connectivity index (χ1v) is 11.7. The summed E-state index contributed by atoms with van der Waals surface area (Å²) in [5.41, 5.74) is 0.777. The molecule has 0 amide bonds. The molecule has 0 aromatic rings. The molecule has 0 aromatic carbocycles. The van der Waals surface area contributed by atoms with Crippen molar-refractivity contribution in [1.82, 2.24) is 0 Å². The van der Waals surface area contributed by atoms with Gasteiger partial charge in [0.05, 0.1) is 0 Å². The maximum Gasteiger partial charge on any atom is -0.0238 e. The highest BCUT2D eigenvalue weighted by molar-refractivity contribution is 5.00. The van der Waals surface area contributed by atoms with E-state index in [1.165, 1.54) is 32.1 Å². The maximum atomic E-state index is 2.50. The molecule has 4 aliphatic carbocycles. The molecule has 24 heavy (non-hydrogen) atoms. The van der Waals surface area contributed by atoms with Crippen LogP contribution in [0.4, 0.5) is 0 Å². The Morgan fingerprint density at radius 2 is 1.04 bits per heavy atom. The van der Waals surface area contributed by atoms with Crippen LogP contribution in [0.2, 0.25) is 0 Å². The summed E-state index contributed by atoms with van der Waals surface area (Å²) in [6.07, 6.45) is 23.5. The fourth-order valence-electron chi connectivity index (χ4n) is 7.72. The summed E-state index contributed by atoms with van der Waals surface area (Å²) in [4.78, 5) is 0. The molecule has 0 aliphatic heterocycles. The molecule has 4 fully saturated rings. The Labute approximate surface area is 151 Å². The summed E-state index contributed by atoms with van der Waals surface area (Å²) in [5, 5.41) is 0. The minimum absolute atomic E-state index is 0.777. The van der Waals surface area contributed by atoms with Gasteiger partial charge in [-0.25, -0.2) is 0 Å². The van der Waals surface area contributed by atoms with Crippen molar-refractivity contribution >= 4 is 0 Å². The molecule has 0 bridgehead atoms. The van der Waals surface area contributed by atoms with Crippen LogP contribution in [0.5, 0.6) is 0 Å². The molecule has 4 saturated carbocycles. The van der Waals surface area contributed by atoms with Crippen LogP contribution < -0.4 is 0 Å². The summed E-state index contributed by atoms with van der Waals surface area (Å²) in [7, 11) is 0. The monoisotopic (exact) mass is 330 g/mol. The number of hydrogen-bond acceptors (Lipinski definition) is 0. The fraction of sp³-hybridized carbons (Fsp3) is 1.00. The lowest BCUT2D eigenvalue weighted by Gasteiger charge is -2.56. The van der Waals surface area contributed by atoms with Crippen molar-refractivity contribution < 1.29 is 0 Å². The van der Waals surface area contributed by atoms with Crippen LogP contribution in [-0.2, 0) is 0 Å². The van der Waals surface area contributed by atoms with Gasteiger partial charge in [0, 0.05) is 0 Å². The molecule has 0 heteroatoms. The summed E-state index contributed by atoms with van der Waals surface area (Å²) in [5.74, 6) is 6.44. The van der Waals surface area contributed by atoms with Crippen LogP contribution in [-0.4, -0.2) is 0 Å². The van der Waals surface area contributed by atoms with E-state index in [4.69, 9.17) is 0 Å². The van der Waals surface area contributed by atoms with Gasteiger partial charge in [-0.1, -0.05) is 65.2 Å². The van der Waals surface area contributed by atoms with Crippen LogP contribution in [0.3, 0.4) is 0 Å². The summed E-state index contributed by atoms with van der Waals surface area (Å²) in [6, 6.07) is 0. The Morgan fingerprint density at radius 1 is 0.542 bits per heavy atom. The van der Waals surface area contributed by atoms with Gasteiger partial charge >= 0.3 is 0 Å². The van der Waals surface area contributed by atoms with Crippen molar-refractivity contribution in [2.75, 3.05) is 0 Å². The predicted molar refractivity (Wildman–Crippen MR) is 104 cm³/mol. The van der Waals surface area contributed by atoms with E-state index >= 15 is 0 Å². The second kappa shape index (κ2) is 7.32. The molecule has 4 aliphatic rings. The van der Waals surface area contributed by atoms with Gasteiger partial charge in [0.25, 0.3) is 0 Å². The highest BCUT2D eigenvalue weighted by Crippen LogP contribution is 2.60. The van der Waals surface area contributed by atoms with Gasteiger partial charge in [-0.05, 0) is 85.9 Å². The third kappa shape index (κ3) is 3.33. The van der Waals surface area contributed by atoms with Gasteiger partial charge in [0.1, 0.15) is 0 Å². The van der Waals surface area contributed by atoms with Crippen molar-refractivity contribution in [1.29, 1.82) is 0 Å². The van der Waals surface area contributed by atoms with E-state index in [1.54, 1.807) is 64.2 Å². The standard InChI is InChI=1S/C24H42/c1-18-7-11-22(12-8-18)24(23-13-9-19(2)10-14-23)16-15-20-5-3-4-6-21(20)17-24/h18-23H,3-17H2,1-2H3. The Hall–Kier alpha value is 0. The van der Waals surface area contributed by atoms with E-state index in [0.29, 0.717) is 0 Å². The third-order valence-corrected chi connectivity index (χ3v) is 9.35. The molecule has 2 atom stereocenters. The predicted octanol–water partition coefficient (Wildman–Crippen LogP) is 7.62. The van der Waals surface area contributed by atoms with Crippen molar-refractivity contribution in [2.24, 2.45) is 40.9 Å². The van der Waals surface area contributed by atoms with E-state index in [-0.39, 0.29) is 0 Å². The van der Waals surface area contributed by atoms with Gasteiger partial charge < -0.3 is 0 Å².